The molecule has 6 heteroatoms. The molecule has 0 radical (unpaired) electrons. The van der Waals surface area contributed by atoms with Gasteiger partial charge in [-0.1, -0.05) is 6.07 Å². The second kappa shape index (κ2) is 6.09. The minimum Gasteiger partial charge on any atom is -0.484 e. The fourth-order valence-electron chi connectivity index (χ4n) is 2.30. The Morgan fingerprint density at radius 2 is 2.25 bits per heavy atom. The van der Waals surface area contributed by atoms with Crippen LogP contribution >= 0.6 is 0 Å². The molecule has 1 aliphatic heterocycles. The molecule has 0 spiro atoms. The predicted molar refractivity (Wildman–Crippen MR) is 76.3 cm³/mol. The van der Waals surface area contributed by atoms with Crippen LogP contribution in [0.25, 0.3) is 0 Å². The second-order valence-corrected chi connectivity index (χ2v) is 5.19. The van der Waals surface area contributed by atoms with E-state index in [4.69, 9.17) is 9.47 Å². The zero-order chi connectivity index (χ0) is 14.7. The highest BCUT2D eigenvalue weighted by atomic mass is 16.6. The van der Waals surface area contributed by atoms with Crippen LogP contribution in [0, 0.1) is 10.1 Å². The van der Waals surface area contributed by atoms with Crippen LogP contribution in [0.15, 0.2) is 18.2 Å². The summed E-state index contributed by atoms with van der Waals surface area (Å²) in [6, 6.07) is 5.17. The standard InChI is InChI=1S/C14H20N2O4/c1-9(2)20-13-6-4-5-12(14(13)16(17)18)15-11-7-8-19-10(11)3/h4-6,9-11,15H,7-8H2,1-3H3. The molecular weight excluding hydrogens is 260 g/mol. The molecule has 2 rings (SSSR count). The summed E-state index contributed by atoms with van der Waals surface area (Å²) in [7, 11) is 0. The number of nitrogens with zero attached hydrogens (tertiary/aromatic N) is 1. The molecule has 6 nitrogen and oxygen atoms in total. The Labute approximate surface area is 118 Å². The third-order valence-corrected chi connectivity index (χ3v) is 3.26. The number of para-hydroxylation sites is 1. The van der Waals surface area contributed by atoms with Crippen LogP contribution in [-0.4, -0.2) is 29.8 Å². The molecule has 1 aliphatic rings. The maximum atomic E-state index is 11.3. The lowest BCUT2D eigenvalue weighted by atomic mass is 10.1. The molecule has 1 saturated heterocycles. The Kier molecular flexibility index (Phi) is 4.44. The van der Waals surface area contributed by atoms with E-state index in [2.05, 4.69) is 5.32 Å². The van der Waals surface area contributed by atoms with Crippen molar-refractivity contribution in [2.24, 2.45) is 0 Å². The molecule has 1 aromatic carbocycles. The van der Waals surface area contributed by atoms with Crippen molar-refractivity contribution in [1.82, 2.24) is 0 Å². The molecule has 2 atom stereocenters. The molecule has 0 bridgehead atoms. The Morgan fingerprint density at radius 1 is 1.50 bits per heavy atom. The van der Waals surface area contributed by atoms with E-state index in [0.717, 1.165) is 6.42 Å². The molecule has 1 heterocycles. The van der Waals surface area contributed by atoms with Gasteiger partial charge in [0.15, 0.2) is 5.75 Å². The molecule has 20 heavy (non-hydrogen) atoms. The van der Waals surface area contributed by atoms with E-state index in [9.17, 15) is 10.1 Å². The third kappa shape index (κ3) is 3.19. The maximum Gasteiger partial charge on any atom is 0.333 e. The Morgan fingerprint density at radius 3 is 2.80 bits per heavy atom. The molecule has 1 N–H and O–H groups in total. The molecule has 1 aromatic rings. The Bertz CT molecular complexity index is 490. The van der Waals surface area contributed by atoms with Crippen LogP contribution in [0.2, 0.25) is 0 Å². The van der Waals surface area contributed by atoms with Gasteiger partial charge in [-0.2, -0.15) is 0 Å². The van der Waals surface area contributed by atoms with Gasteiger partial charge in [-0.3, -0.25) is 10.1 Å². The molecule has 1 fully saturated rings. The van der Waals surface area contributed by atoms with E-state index in [-0.39, 0.29) is 23.9 Å². The molecule has 0 saturated carbocycles. The zero-order valence-electron chi connectivity index (χ0n) is 12.0. The van der Waals surface area contributed by atoms with E-state index >= 15 is 0 Å². The highest BCUT2D eigenvalue weighted by Gasteiger charge is 2.28. The number of nitrogens with one attached hydrogen (secondary N) is 1. The number of anilines is 1. The monoisotopic (exact) mass is 280 g/mol. The fraction of sp³-hybridized carbons (Fsp3) is 0.571. The molecule has 110 valence electrons. The molecule has 0 aromatic heterocycles. The first kappa shape index (κ1) is 14.6. The predicted octanol–water partition coefficient (Wildman–Crippen LogP) is 2.97. The van der Waals surface area contributed by atoms with Crippen molar-refractivity contribution in [3.05, 3.63) is 28.3 Å². The zero-order valence-corrected chi connectivity index (χ0v) is 12.0. The SMILES string of the molecule is CC(C)Oc1cccc(NC2CCOC2C)c1[N+](=O)[O-]. The van der Waals surface area contributed by atoms with Gasteiger partial charge < -0.3 is 14.8 Å². The Hall–Kier alpha value is -1.82. The van der Waals surface area contributed by atoms with Crippen molar-refractivity contribution >= 4 is 11.4 Å². The molecule has 0 amide bonds. The summed E-state index contributed by atoms with van der Waals surface area (Å²) >= 11 is 0. The first-order valence-corrected chi connectivity index (χ1v) is 6.81. The van der Waals surface area contributed by atoms with Crippen LogP contribution in [0.3, 0.4) is 0 Å². The minimum absolute atomic E-state index is 0.0136. The highest BCUT2D eigenvalue weighted by Crippen LogP contribution is 2.36. The lowest BCUT2D eigenvalue weighted by Crippen LogP contribution is -2.27. The van der Waals surface area contributed by atoms with Crippen molar-refractivity contribution in [2.75, 3.05) is 11.9 Å². The van der Waals surface area contributed by atoms with Crippen molar-refractivity contribution in [1.29, 1.82) is 0 Å². The van der Waals surface area contributed by atoms with Gasteiger partial charge >= 0.3 is 5.69 Å². The van der Waals surface area contributed by atoms with Crippen LogP contribution in [0.5, 0.6) is 5.75 Å². The lowest BCUT2D eigenvalue weighted by molar-refractivity contribution is -0.385. The minimum atomic E-state index is -0.402. The van der Waals surface area contributed by atoms with Crippen molar-refractivity contribution in [3.63, 3.8) is 0 Å². The van der Waals surface area contributed by atoms with Crippen molar-refractivity contribution < 1.29 is 14.4 Å². The summed E-state index contributed by atoms with van der Waals surface area (Å²) in [5.41, 5.74) is 0.468. The number of nitro groups is 1. The molecule has 0 aliphatic carbocycles. The van der Waals surface area contributed by atoms with Gasteiger partial charge in [0, 0.05) is 6.61 Å². The van der Waals surface area contributed by atoms with E-state index < -0.39 is 4.92 Å². The highest BCUT2D eigenvalue weighted by molar-refractivity contribution is 5.69. The van der Waals surface area contributed by atoms with Crippen LogP contribution in [-0.2, 0) is 4.74 Å². The third-order valence-electron chi connectivity index (χ3n) is 3.26. The van der Waals surface area contributed by atoms with Crippen LogP contribution in [0.1, 0.15) is 27.2 Å². The summed E-state index contributed by atoms with van der Waals surface area (Å²) in [5, 5.41) is 14.5. The largest absolute Gasteiger partial charge is 0.484 e. The van der Waals surface area contributed by atoms with E-state index in [1.807, 2.05) is 20.8 Å². The average molecular weight is 280 g/mol. The Balaban J connectivity index is 2.29. The van der Waals surface area contributed by atoms with E-state index in [1.165, 1.54) is 0 Å². The second-order valence-electron chi connectivity index (χ2n) is 5.19. The lowest BCUT2D eigenvalue weighted by Gasteiger charge is -2.18. The van der Waals surface area contributed by atoms with Gasteiger partial charge in [0.2, 0.25) is 0 Å². The number of benzene rings is 1. The van der Waals surface area contributed by atoms with Gasteiger partial charge in [-0.15, -0.1) is 0 Å². The first-order chi connectivity index (χ1) is 9.49. The summed E-state index contributed by atoms with van der Waals surface area (Å²) in [6.07, 6.45) is 0.773. The van der Waals surface area contributed by atoms with Gasteiger partial charge in [0.1, 0.15) is 5.69 Å². The van der Waals surface area contributed by atoms with Gasteiger partial charge in [0.05, 0.1) is 23.2 Å². The van der Waals surface area contributed by atoms with E-state index in [0.29, 0.717) is 18.0 Å². The van der Waals surface area contributed by atoms with Gasteiger partial charge in [-0.25, -0.2) is 0 Å². The summed E-state index contributed by atoms with van der Waals surface area (Å²) in [5.74, 6) is 0.293. The number of hydrogen-bond donors (Lipinski definition) is 1. The molecule has 2 unspecified atom stereocenters. The first-order valence-electron chi connectivity index (χ1n) is 6.81. The van der Waals surface area contributed by atoms with Crippen molar-refractivity contribution in [2.45, 2.75) is 45.4 Å². The summed E-state index contributed by atoms with van der Waals surface area (Å²) in [6.45, 7) is 6.33. The van der Waals surface area contributed by atoms with Gasteiger partial charge in [0.25, 0.3) is 0 Å². The topological polar surface area (TPSA) is 73.6 Å². The quantitative estimate of drug-likeness (QED) is 0.663. The fourth-order valence-corrected chi connectivity index (χ4v) is 2.30. The van der Waals surface area contributed by atoms with Crippen LogP contribution in [0.4, 0.5) is 11.4 Å². The molecular formula is C14H20N2O4. The van der Waals surface area contributed by atoms with Crippen molar-refractivity contribution in [3.8, 4) is 5.75 Å². The van der Waals surface area contributed by atoms with Crippen LogP contribution < -0.4 is 10.1 Å². The number of hydrogen-bond acceptors (Lipinski definition) is 5. The number of rotatable bonds is 5. The van der Waals surface area contributed by atoms with Gasteiger partial charge in [-0.05, 0) is 39.3 Å². The average Bonchev–Trinajstić information content (AvgIpc) is 2.74. The maximum absolute atomic E-state index is 11.3. The number of nitro benzene ring substituents is 1. The normalized spacial score (nSPS) is 22.0. The summed E-state index contributed by atoms with van der Waals surface area (Å²) in [4.78, 5) is 10.9. The smallest absolute Gasteiger partial charge is 0.333 e. The van der Waals surface area contributed by atoms with E-state index in [1.54, 1.807) is 18.2 Å². The number of ether oxygens (including phenoxy) is 2. The summed E-state index contributed by atoms with van der Waals surface area (Å²) < 4.78 is 11.0.